The van der Waals surface area contributed by atoms with Crippen LogP contribution in [0, 0.1) is 6.92 Å². The minimum Gasteiger partial charge on any atom is -0.490 e. The molecule has 0 saturated carbocycles. The number of rotatable bonds is 6. The zero-order chi connectivity index (χ0) is 11.1. The van der Waals surface area contributed by atoms with E-state index in [4.69, 9.17) is 21.1 Å². The fourth-order valence-corrected chi connectivity index (χ4v) is 1.81. The maximum atomic E-state index is 5.52. The first kappa shape index (κ1) is 12.8. The van der Waals surface area contributed by atoms with Gasteiger partial charge in [-0.25, -0.2) is 0 Å². The number of hydrogen-bond donors (Lipinski definition) is 0. The zero-order valence-corrected chi connectivity index (χ0v) is 11.0. The summed E-state index contributed by atoms with van der Waals surface area (Å²) in [4.78, 5) is 0. The smallest absolute Gasteiger partial charge is 0.133 e. The Hall–Kier alpha value is -0.250. The van der Waals surface area contributed by atoms with Crippen LogP contribution in [0.15, 0.2) is 22.7 Å². The summed E-state index contributed by atoms with van der Waals surface area (Å²) in [7, 11) is 0. The van der Waals surface area contributed by atoms with Gasteiger partial charge in [-0.2, -0.15) is 0 Å². The molecule has 0 aliphatic carbocycles. The number of halogens is 2. The Morgan fingerprint density at radius 1 is 1.27 bits per heavy atom. The normalized spacial score (nSPS) is 10.3. The number of ether oxygens (including phenoxy) is 2. The average molecular weight is 294 g/mol. The predicted octanol–water partition coefficient (Wildman–Crippen LogP) is 3.39. The standard InChI is InChI=1S/C11H14BrClO2/c1-9-2-3-11(10(12)8-9)15-7-6-14-5-4-13/h2-3,8H,4-7H2,1H3. The molecule has 0 unspecified atom stereocenters. The summed E-state index contributed by atoms with van der Waals surface area (Å²) in [6, 6.07) is 5.98. The molecule has 0 amide bonds. The van der Waals surface area contributed by atoms with Crippen molar-refractivity contribution in [1.82, 2.24) is 0 Å². The molecule has 1 aromatic carbocycles. The minimum atomic E-state index is 0.522. The number of benzene rings is 1. The summed E-state index contributed by atoms with van der Waals surface area (Å²) in [6.07, 6.45) is 0. The molecule has 84 valence electrons. The number of aryl methyl sites for hydroxylation is 1. The van der Waals surface area contributed by atoms with Gasteiger partial charge in [-0.05, 0) is 40.5 Å². The Morgan fingerprint density at radius 3 is 2.73 bits per heavy atom. The van der Waals surface area contributed by atoms with Gasteiger partial charge in [0, 0.05) is 5.88 Å². The van der Waals surface area contributed by atoms with Crippen molar-refractivity contribution in [1.29, 1.82) is 0 Å². The molecule has 0 fully saturated rings. The van der Waals surface area contributed by atoms with Crippen molar-refractivity contribution in [3.8, 4) is 5.75 Å². The Labute approximate surface area is 104 Å². The second kappa shape index (κ2) is 7.09. The van der Waals surface area contributed by atoms with Crippen molar-refractivity contribution >= 4 is 27.5 Å². The van der Waals surface area contributed by atoms with Gasteiger partial charge in [-0.15, -0.1) is 11.6 Å². The first-order valence-corrected chi connectivity index (χ1v) is 6.09. The van der Waals surface area contributed by atoms with E-state index in [1.807, 2.05) is 25.1 Å². The molecule has 0 N–H and O–H groups in total. The molecule has 4 heteroatoms. The van der Waals surface area contributed by atoms with Crippen LogP contribution in [0.1, 0.15) is 5.56 Å². The van der Waals surface area contributed by atoms with E-state index in [9.17, 15) is 0 Å². The van der Waals surface area contributed by atoms with Crippen LogP contribution in [-0.2, 0) is 4.74 Å². The first-order chi connectivity index (χ1) is 7.24. The van der Waals surface area contributed by atoms with Crippen LogP contribution < -0.4 is 4.74 Å². The van der Waals surface area contributed by atoms with Crippen molar-refractivity contribution in [2.45, 2.75) is 6.92 Å². The van der Waals surface area contributed by atoms with Gasteiger partial charge in [0.1, 0.15) is 12.4 Å². The van der Waals surface area contributed by atoms with Crippen LogP contribution in [-0.4, -0.2) is 25.7 Å². The van der Waals surface area contributed by atoms with E-state index in [1.165, 1.54) is 5.56 Å². The molecular formula is C11H14BrClO2. The van der Waals surface area contributed by atoms with Crippen molar-refractivity contribution < 1.29 is 9.47 Å². The Bertz CT molecular complexity index is 305. The molecule has 2 nitrogen and oxygen atoms in total. The number of hydrogen-bond acceptors (Lipinski definition) is 2. The molecule has 0 heterocycles. The summed E-state index contributed by atoms with van der Waals surface area (Å²) in [5.41, 5.74) is 1.20. The first-order valence-electron chi connectivity index (χ1n) is 4.76. The minimum absolute atomic E-state index is 0.522. The van der Waals surface area contributed by atoms with Crippen LogP contribution >= 0.6 is 27.5 Å². The summed E-state index contributed by atoms with van der Waals surface area (Å²) in [6.45, 7) is 3.71. The molecule has 15 heavy (non-hydrogen) atoms. The highest BCUT2D eigenvalue weighted by molar-refractivity contribution is 9.10. The van der Waals surface area contributed by atoms with Crippen LogP contribution in [0.5, 0.6) is 5.75 Å². The lowest BCUT2D eigenvalue weighted by atomic mass is 10.2. The third-order valence-electron chi connectivity index (χ3n) is 1.79. The second-order valence-electron chi connectivity index (χ2n) is 3.08. The van der Waals surface area contributed by atoms with Crippen molar-refractivity contribution in [3.63, 3.8) is 0 Å². The highest BCUT2D eigenvalue weighted by Crippen LogP contribution is 2.25. The van der Waals surface area contributed by atoms with Gasteiger partial charge in [0.2, 0.25) is 0 Å². The lowest BCUT2D eigenvalue weighted by molar-refractivity contribution is 0.111. The van der Waals surface area contributed by atoms with Crippen molar-refractivity contribution in [2.75, 3.05) is 25.7 Å². The lowest BCUT2D eigenvalue weighted by Gasteiger charge is -2.08. The lowest BCUT2D eigenvalue weighted by Crippen LogP contribution is -2.08. The molecule has 0 aromatic heterocycles. The third kappa shape index (κ3) is 4.87. The van der Waals surface area contributed by atoms with E-state index < -0.39 is 0 Å². The van der Waals surface area contributed by atoms with E-state index in [-0.39, 0.29) is 0 Å². The van der Waals surface area contributed by atoms with Crippen molar-refractivity contribution in [3.05, 3.63) is 28.2 Å². The van der Waals surface area contributed by atoms with Crippen LogP contribution in [0.25, 0.3) is 0 Å². The van der Waals surface area contributed by atoms with E-state index in [1.54, 1.807) is 0 Å². The summed E-state index contributed by atoms with van der Waals surface area (Å²) < 4.78 is 11.7. The number of alkyl halides is 1. The molecule has 0 aliphatic heterocycles. The Morgan fingerprint density at radius 2 is 2.07 bits per heavy atom. The maximum Gasteiger partial charge on any atom is 0.133 e. The molecule has 0 spiro atoms. The quantitative estimate of drug-likeness (QED) is 0.591. The average Bonchev–Trinajstić information content (AvgIpc) is 2.20. The van der Waals surface area contributed by atoms with Gasteiger partial charge in [0.15, 0.2) is 0 Å². The molecule has 1 rings (SSSR count). The Kier molecular flexibility index (Phi) is 6.06. The largest absolute Gasteiger partial charge is 0.490 e. The molecule has 0 atom stereocenters. The van der Waals surface area contributed by atoms with Crippen LogP contribution in [0.3, 0.4) is 0 Å². The highest BCUT2D eigenvalue weighted by atomic mass is 79.9. The zero-order valence-electron chi connectivity index (χ0n) is 8.63. The highest BCUT2D eigenvalue weighted by Gasteiger charge is 2.00. The molecule has 0 bridgehead atoms. The summed E-state index contributed by atoms with van der Waals surface area (Å²) in [5.74, 6) is 1.36. The predicted molar refractivity (Wildman–Crippen MR) is 65.9 cm³/mol. The van der Waals surface area contributed by atoms with E-state index in [2.05, 4.69) is 15.9 Å². The van der Waals surface area contributed by atoms with E-state index in [0.717, 1.165) is 10.2 Å². The summed E-state index contributed by atoms with van der Waals surface area (Å²) in [5, 5.41) is 0. The fraction of sp³-hybridized carbons (Fsp3) is 0.455. The monoisotopic (exact) mass is 292 g/mol. The van der Waals surface area contributed by atoms with Gasteiger partial charge in [0.05, 0.1) is 17.7 Å². The van der Waals surface area contributed by atoms with E-state index >= 15 is 0 Å². The van der Waals surface area contributed by atoms with Gasteiger partial charge in [-0.1, -0.05) is 6.07 Å². The molecule has 0 radical (unpaired) electrons. The van der Waals surface area contributed by atoms with E-state index in [0.29, 0.717) is 25.7 Å². The van der Waals surface area contributed by atoms with Crippen molar-refractivity contribution in [2.24, 2.45) is 0 Å². The second-order valence-corrected chi connectivity index (χ2v) is 4.32. The fourth-order valence-electron chi connectivity index (χ4n) is 1.09. The topological polar surface area (TPSA) is 18.5 Å². The van der Waals surface area contributed by atoms with Crippen LogP contribution in [0.2, 0.25) is 0 Å². The van der Waals surface area contributed by atoms with Gasteiger partial charge in [0.25, 0.3) is 0 Å². The molecular weight excluding hydrogens is 279 g/mol. The Balaban J connectivity index is 2.31. The third-order valence-corrected chi connectivity index (χ3v) is 2.57. The van der Waals surface area contributed by atoms with Gasteiger partial charge >= 0.3 is 0 Å². The summed E-state index contributed by atoms with van der Waals surface area (Å²) >= 11 is 8.91. The van der Waals surface area contributed by atoms with Gasteiger partial charge < -0.3 is 9.47 Å². The molecule has 0 aliphatic rings. The van der Waals surface area contributed by atoms with Gasteiger partial charge in [-0.3, -0.25) is 0 Å². The maximum absolute atomic E-state index is 5.52. The SMILES string of the molecule is Cc1ccc(OCCOCCCl)c(Br)c1. The molecule has 1 aromatic rings. The van der Waals surface area contributed by atoms with Crippen LogP contribution in [0.4, 0.5) is 0 Å². The molecule has 0 saturated heterocycles.